The maximum atomic E-state index is 11.1. The molecule has 0 atom stereocenters. The summed E-state index contributed by atoms with van der Waals surface area (Å²) < 4.78 is 10.0. The first kappa shape index (κ1) is 14.1. The molecule has 0 radical (unpaired) electrons. The largest absolute Gasteiger partial charge is 0.495 e. The number of aryl methyl sites for hydroxylation is 1. The van der Waals surface area contributed by atoms with Crippen LogP contribution in [0.3, 0.4) is 0 Å². The van der Waals surface area contributed by atoms with Crippen LogP contribution in [0, 0.1) is 6.92 Å². The highest BCUT2D eigenvalue weighted by Gasteiger charge is 2.01. The Morgan fingerprint density at radius 1 is 1.44 bits per heavy atom. The number of carbonyl (C=O) groups excluding carboxylic acids is 1. The Labute approximate surface area is 108 Å². The van der Waals surface area contributed by atoms with Crippen LogP contribution in [0.4, 0.5) is 5.69 Å². The van der Waals surface area contributed by atoms with Gasteiger partial charge >= 0.3 is 5.97 Å². The first-order valence-electron chi connectivity index (χ1n) is 5.89. The SMILES string of the molecule is CCOC(=O)/C=C/CNc1cc(C)ccc1OC. The minimum Gasteiger partial charge on any atom is -0.495 e. The molecule has 1 N–H and O–H groups in total. The number of ether oxygens (including phenoxy) is 2. The van der Waals surface area contributed by atoms with E-state index in [-0.39, 0.29) is 5.97 Å². The van der Waals surface area contributed by atoms with Crippen molar-refractivity contribution in [3.63, 3.8) is 0 Å². The summed E-state index contributed by atoms with van der Waals surface area (Å²) in [4.78, 5) is 11.1. The number of hydrogen-bond acceptors (Lipinski definition) is 4. The smallest absolute Gasteiger partial charge is 0.330 e. The van der Waals surface area contributed by atoms with Gasteiger partial charge in [0.2, 0.25) is 0 Å². The van der Waals surface area contributed by atoms with E-state index in [1.165, 1.54) is 6.08 Å². The van der Waals surface area contributed by atoms with Crippen LogP contribution in [0.15, 0.2) is 30.4 Å². The lowest BCUT2D eigenvalue weighted by molar-refractivity contribution is -0.137. The molecule has 0 fully saturated rings. The number of anilines is 1. The lowest BCUT2D eigenvalue weighted by Crippen LogP contribution is -2.03. The summed E-state index contributed by atoms with van der Waals surface area (Å²) in [5, 5.41) is 3.18. The number of hydrogen-bond donors (Lipinski definition) is 1. The van der Waals surface area contributed by atoms with Gasteiger partial charge in [0.25, 0.3) is 0 Å². The van der Waals surface area contributed by atoms with Gasteiger partial charge in [-0.3, -0.25) is 0 Å². The van der Waals surface area contributed by atoms with Gasteiger partial charge < -0.3 is 14.8 Å². The van der Waals surface area contributed by atoms with Crippen molar-refractivity contribution in [1.29, 1.82) is 0 Å². The quantitative estimate of drug-likeness (QED) is 0.621. The van der Waals surface area contributed by atoms with E-state index in [4.69, 9.17) is 9.47 Å². The van der Waals surface area contributed by atoms with Crippen LogP contribution in [0.25, 0.3) is 0 Å². The summed E-state index contributed by atoms with van der Waals surface area (Å²) in [6.07, 6.45) is 3.14. The second-order valence-corrected chi connectivity index (χ2v) is 3.74. The van der Waals surface area contributed by atoms with E-state index in [1.54, 1.807) is 20.1 Å². The molecule has 0 spiro atoms. The summed E-state index contributed by atoms with van der Waals surface area (Å²) in [5.41, 5.74) is 2.05. The maximum absolute atomic E-state index is 11.1. The fraction of sp³-hybridized carbons (Fsp3) is 0.357. The molecular weight excluding hydrogens is 230 g/mol. The third kappa shape index (κ3) is 4.49. The molecule has 0 amide bonds. The molecule has 0 heterocycles. The Bertz CT molecular complexity index is 427. The zero-order valence-electron chi connectivity index (χ0n) is 11.0. The third-order valence-corrected chi connectivity index (χ3v) is 2.31. The molecule has 0 saturated heterocycles. The molecule has 98 valence electrons. The van der Waals surface area contributed by atoms with E-state index in [0.29, 0.717) is 13.2 Å². The Morgan fingerprint density at radius 2 is 2.22 bits per heavy atom. The summed E-state index contributed by atoms with van der Waals surface area (Å²) in [6.45, 7) is 4.72. The van der Waals surface area contributed by atoms with Crippen molar-refractivity contribution in [3.8, 4) is 5.75 Å². The number of benzene rings is 1. The van der Waals surface area contributed by atoms with E-state index >= 15 is 0 Å². The highest BCUT2D eigenvalue weighted by molar-refractivity contribution is 5.81. The first-order chi connectivity index (χ1) is 8.67. The first-order valence-corrected chi connectivity index (χ1v) is 5.89. The molecule has 0 bridgehead atoms. The number of carbonyl (C=O) groups is 1. The predicted octanol–water partition coefficient (Wildman–Crippen LogP) is 2.53. The second kappa shape index (κ2) is 7.37. The minimum atomic E-state index is -0.324. The molecule has 0 aliphatic rings. The molecule has 18 heavy (non-hydrogen) atoms. The van der Waals surface area contributed by atoms with Gasteiger partial charge in [-0.1, -0.05) is 12.1 Å². The maximum Gasteiger partial charge on any atom is 0.330 e. The van der Waals surface area contributed by atoms with Gasteiger partial charge in [-0.25, -0.2) is 4.79 Å². The summed E-state index contributed by atoms with van der Waals surface area (Å²) in [5.74, 6) is 0.459. The van der Waals surface area contributed by atoms with Crippen LogP contribution >= 0.6 is 0 Å². The molecule has 0 unspecified atom stereocenters. The third-order valence-electron chi connectivity index (χ3n) is 2.31. The van der Waals surface area contributed by atoms with Gasteiger partial charge in [-0.05, 0) is 31.5 Å². The van der Waals surface area contributed by atoms with Gasteiger partial charge in [0, 0.05) is 12.6 Å². The minimum absolute atomic E-state index is 0.324. The van der Waals surface area contributed by atoms with E-state index in [1.807, 2.05) is 25.1 Å². The zero-order chi connectivity index (χ0) is 13.4. The molecule has 0 aromatic heterocycles. The summed E-state index contributed by atoms with van der Waals surface area (Å²) >= 11 is 0. The normalized spacial score (nSPS) is 10.4. The Morgan fingerprint density at radius 3 is 2.89 bits per heavy atom. The number of methoxy groups -OCH3 is 1. The molecule has 0 aliphatic heterocycles. The standard InChI is InChI=1S/C14H19NO3/c1-4-18-14(16)6-5-9-15-12-10-11(2)7-8-13(12)17-3/h5-8,10,15H,4,9H2,1-3H3/b6-5+. The van der Waals surface area contributed by atoms with Gasteiger partial charge in [0.1, 0.15) is 5.75 Å². The Balaban J connectivity index is 2.53. The van der Waals surface area contributed by atoms with Crippen LogP contribution in [0.1, 0.15) is 12.5 Å². The van der Waals surface area contributed by atoms with Crippen LogP contribution in [0.2, 0.25) is 0 Å². The van der Waals surface area contributed by atoms with Gasteiger partial charge in [-0.15, -0.1) is 0 Å². The number of esters is 1. The lowest BCUT2D eigenvalue weighted by atomic mass is 10.2. The fourth-order valence-electron chi connectivity index (χ4n) is 1.47. The van der Waals surface area contributed by atoms with E-state index in [2.05, 4.69) is 5.32 Å². The van der Waals surface area contributed by atoms with Crippen molar-refractivity contribution >= 4 is 11.7 Å². The molecule has 1 aromatic carbocycles. The van der Waals surface area contributed by atoms with Crippen molar-refractivity contribution in [3.05, 3.63) is 35.9 Å². The average Bonchev–Trinajstić information content (AvgIpc) is 2.35. The molecule has 1 rings (SSSR count). The fourth-order valence-corrected chi connectivity index (χ4v) is 1.47. The van der Waals surface area contributed by atoms with Crippen LogP contribution in [-0.4, -0.2) is 26.2 Å². The van der Waals surface area contributed by atoms with E-state index in [9.17, 15) is 4.79 Å². The zero-order valence-corrected chi connectivity index (χ0v) is 11.0. The lowest BCUT2D eigenvalue weighted by Gasteiger charge is -2.10. The average molecular weight is 249 g/mol. The second-order valence-electron chi connectivity index (χ2n) is 3.74. The number of nitrogens with one attached hydrogen (secondary N) is 1. The Hall–Kier alpha value is -1.97. The highest BCUT2D eigenvalue weighted by Crippen LogP contribution is 2.24. The monoisotopic (exact) mass is 249 g/mol. The molecule has 4 nitrogen and oxygen atoms in total. The van der Waals surface area contributed by atoms with Gasteiger partial charge in [0.05, 0.1) is 19.4 Å². The molecule has 4 heteroatoms. The van der Waals surface area contributed by atoms with Gasteiger partial charge in [-0.2, -0.15) is 0 Å². The van der Waals surface area contributed by atoms with Crippen LogP contribution < -0.4 is 10.1 Å². The van der Waals surface area contributed by atoms with Gasteiger partial charge in [0.15, 0.2) is 0 Å². The molecular formula is C14H19NO3. The van der Waals surface area contributed by atoms with Crippen molar-refractivity contribution in [2.75, 3.05) is 25.6 Å². The molecule has 0 saturated carbocycles. The number of rotatable bonds is 6. The van der Waals surface area contributed by atoms with Crippen molar-refractivity contribution in [2.24, 2.45) is 0 Å². The Kier molecular flexibility index (Phi) is 5.77. The van der Waals surface area contributed by atoms with E-state index in [0.717, 1.165) is 17.0 Å². The van der Waals surface area contributed by atoms with Crippen LogP contribution in [-0.2, 0) is 9.53 Å². The predicted molar refractivity (Wildman–Crippen MR) is 72.0 cm³/mol. The van der Waals surface area contributed by atoms with Crippen LogP contribution in [0.5, 0.6) is 5.75 Å². The van der Waals surface area contributed by atoms with E-state index < -0.39 is 0 Å². The highest BCUT2D eigenvalue weighted by atomic mass is 16.5. The topological polar surface area (TPSA) is 47.6 Å². The van der Waals surface area contributed by atoms with Crippen molar-refractivity contribution in [2.45, 2.75) is 13.8 Å². The van der Waals surface area contributed by atoms with Crippen molar-refractivity contribution < 1.29 is 14.3 Å². The summed E-state index contributed by atoms with van der Waals surface area (Å²) in [7, 11) is 1.63. The summed E-state index contributed by atoms with van der Waals surface area (Å²) in [6, 6.07) is 5.89. The van der Waals surface area contributed by atoms with Crippen molar-refractivity contribution in [1.82, 2.24) is 0 Å². The molecule has 0 aliphatic carbocycles. The molecule has 1 aromatic rings.